The summed E-state index contributed by atoms with van der Waals surface area (Å²) in [6, 6.07) is 21.4. The minimum atomic E-state index is -0.508. The number of amides is 2. The zero-order valence-corrected chi connectivity index (χ0v) is 18.3. The molecule has 0 saturated carbocycles. The number of carbonyl (C=O) groups is 2. The van der Waals surface area contributed by atoms with Gasteiger partial charge in [0.1, 0.15) is 11.2 Å². The first-order valence-corrected chi connectivity index (χ1v) is 11.2. The maximum atomic E-state index is 14.0. The van der Waals surface area contributed by atoms with Gasteiger partial charge in [-0.25, -0.2) is 4.39 Å². The first-order chi connectivity index (χ1) is 14.5. The van der Waals surface area contributed by atoms with Gasteiger partial charge in [-0.2, -0.15) is 0 Å². The lowest BCUT2D eigenvalue weighted by atomic mass is 10.1. The average molecular weight is 485 g/mol. The van der Waals surface area contributed by atoms with E-state index in [1.165, 1.54) is 12.1 Å². The van der Waals surface area contributed by atoms with E-state index in [-0.39, 0.29) is 22.9 Å². The van der Waals surface area contributed by atoms with E-state index in [1.807, 2.05) is 47.4 Å². The van der Waals surface area contributed by atoms with E-state index in [0.29, 0.717) is 22.3 Å². The Morgan fingerprint density at radius 3 is 2.53 bits per heavy atom. The Hall–Kier alpha value is -2.64. The van der Waals surface area contributed by atoms with Crippen molar-refractivity contribution in [2.75, 3.05) is 11.1 Å². The molecule has 1 aliphatic rings. The number of halogens is 2. The summed E-state index contributed by atoms with van der Waals surface area (Å²) >= 11 is 4.77. The summed E-state index contributed by atoms with van der Waals surface area (Å²) in [6.45, 7) is 0.544. The number of nitrogens with zero attached hydrogens (tertiary/aromatic N) is 1. The van der Waals surface area contributed by atoms with E-state index in [9.17, 15) is 14.0 Å². The molecular weight excluding hydrogens is 467 g/mol. The van der Waals surface area contributed by atoms with Crippen molar-refractivity contribution in [3.05, 3.63) is 99.8 Å². The van der Waals surface area contributed by atoms with E-state index in [1.54, 1.807) is 30.0 Å². The molecule has 0 aromatic heterocycles. The quantitative estimate of drug-likeness (QED) is 0.511. The highest BCUT2D eigenvalue weighted by Gasteiger charge is 2.32. The summed E-state index contributed by atoms with van der Waals surface area (Å²) in [5, 5.41) is 2.49. The Balaban J connectivity index is 1.48. The van der Waals surface area contributed by atoms with Crippen molar-refractivity contribution in [2.24, 2.45) is 0 Å². The van der Waals surface area contributed by atoms with Crippen molar-refractivity contribution in [2.45, 2.75) is 11.9 Å². The van der Waals surface area contributed by atoms with Crippen LogP contribution >= 0.6 is 27.7 Å². The summed E-state index contributed by atoms with van der Waals surface area (Å²) in [7, 11) is 0. The number of carbonyl (C=O) groups excluding carboxylic acids is 2. The standard InChI is InChI=1S/C23H18BrFN2O2S/c24-18-10-11-20(19(25)12-18)26-22(29)16-6-8-17(9-7-16)23-27(21(28)14-30-23)13-15-4-2-1-3-5-15/h1-12,23H,13-14H2,(H,26,29)/t23-/m0/s1. The largest absolute Gasteiger partial charge is 0.322 e. The molecule has 0 spiro atoms. The molecule has 0 aliphatic carbocycles. The molecule has 1 saturated heterocycles. The third kappa shape index (κ3) is 4.57. The van der Waals surface area contributed by atoms with Gasteiger partial charge in [-0.05, 0) is 41.5 Å². The van der Waals surface area contributed by atoms with Crippen molar-refractivity contribution in [3.8, 4) is 0 Å². The molecular formula is C23H18BrFN2O2S. The third-order valence-corrected chi connectivity index (χ3v) is 6.55. The summed E-state index contributed by atoms with van der Waals surface area (Å²) in [5.41, 5.74) is 2.57. The second-order valence-corrected chi connectivity index (χ2v) is 8.86. The molecule has 2 amide bonds. The van der Waals surface area contributed by atoms with Crippen LogP contribution in [0.5, 0.6) is 0 Å². The fraction of sp³-hybridized carbons (Fsp3) is 0.130. The number of hydrogen-bond donors (Lipinski definition) is 1. The molecule has 7 heteroatoms. The Bertz CT molecular complexity index is 1080. The van der Waals surface area contributed by atoms with Crippen LogP contribution in [0.3, 0.4) is 0 Å². The molecule has 1 fully saturated rings. The highest BCUT2D eigenvalue weighted by Crippen LogP contribution is 2.39. The van der Waals surface area contributed by atoms with Crippen LogP contribution in [-0.4, -0.2) is 22.5 Å². The second-order valence-electron chi connectivity index (χ2n) is 6.87. The number of thioether (sulfide) groups is 1. The lowest BCUT2D eigenvalue weighted by Gasteiger charge is -2.24. The molecule has 0 radical (unpaired) electrons. The molecule has 1 aliphatic heterocycles. The van der Waals surface area contributed by atoms with E-state index >= 15 is 0 Å². The predicted molar refractivity (Wildman–Crippen MR) is 121 cm³/mol. The summed E-state index contributed by atoms with van der Waals surface area (Å²) < 4.78 is 14.6. The molecule has 3 aromatic carbocycles. The lowest BCUT2D eigenvalue weighted by molar-refractivity contribution is -0.128. The molecule has 0 unspecified atom stereocenters. The minimum Gasteiger partial charge on any atom is -0.322 e. The highest BCUT2D eigenvalue weighted by molar-refractivity contribution is 9.10. The third-order valence-electron chi connectivity index (χ3n) is 4.80. The Labute approximate surface area is 186 Å². The normalized spacial score (nSPS) is 16.0. The number of benzene rings is 3. The second kappa shape index (κ2) is 9.02. The van der Waals surface area contributed by atoms with E-state index in [2.05, 4.69) is 21.2 Å². The van der Waals surface area contributed by atoms with Crippen LogP contribution in [0.2, 0.25) is 0 Å². The van der Waals surface area contributed by atoms with E-state index < -0.39 is 5.82 Å². The van der Waals surface area contributed by atoms with Crippen LogP contribution in [0.4, 0.5) is 10.1 Å². The fourth-order valence-electron chi connectivity index (χ4n) is 3.27. The van der Waals surface area contributed by atoms with Crippen LogP contribution in [0.1, 0.15) is 26.9 Å². The predicted octanol–water partition coefficient (Wildman–Crippen LogP) is 5.61. The van der Waals surface area contributed by atoms with E-state index in [4.69, 9.17) is 0 Å². The summed E-state index contributed by atoms with van der Waals surface area (Å²) in [4.78, 5) is 26.7. The Morgan fingerprint density at radius 1 is 1.10 bits per heavy atom. The molecule has 30 heavy (non-hydrogen) atoms. The summed E-state index contributed by atoms with van der Waals surface area (Å²) in [5.74, 6) is -0.366. The average Bonchev–Trinajstić information content (AvgIpc) is 3.11. The van der Waals surface area contributed by atoms with Crippen molar-refractivity contribution >= 4 is 45.2 Å². The SMILES string of the molecule is O=C(Nc1ccc(Br)cc1F)c1ccc([C@@H]2SCC(=O)N2Cc2ccccc2)cc1. The minimum absolute atomic E-state index is 0.0984. The molecule has 4 rings (SSSR count). The van der Waals surface area contributed by atoms with Crippen molar-refractivity contribution < 1.29 is 14.0 Å². The van der Waals surface area contributed by atoms with Gasteiger partial charge in [0.25, 0.3) is 5.91 Å². The Kier molecular flexibility index (Phi) is 6.20. The van der Waals surface area contributed by atoms with Gasteiger partial charge in [0.2, 0.25) is 5.91 Å². The van der Waals surface area contributed by atoms with Gasteiger partial charge in [0, 0.05) is 16.6 Å². The topological polar surface area (TPSA) is 49.4 Å². The van der Waals surface area contributed by atoms with Crippen molar-refractivity contribution in [3.63, 3.8) is 0 Å². The Morgan fingerprint density at radius 2 is 1.83 bits per heavy atom. The maximum Gasteiger partial charge on any atom is 0.255 e. The zero-order valence-electron chi connectivity index (χ0n) is 15.8. The molecule has 152 valence electrons. The monoisotopic (exact) mass is 484 g/mol. The molecule has 3 aromatic rings. The maximum absolute atomic E-state index is 14.0. The smallest absolute Gasteiger partial charge is 0.255 e. The molecule has 1 atom stereocenters. The molecule has 4 nitrogen and oxygen atoms in total. The number of rotatable bonds is 5. The zero-order chi connectivity index (χ0) is 21.1. The van der Waals surface area contributed by atoms with Gasteiger partial charge in [0.15, 0.2) is 0 Å². The van der Waals surface area contributed by atoms with Crippen LogP contribution in [-0.2, 0) is 11.3 Å². The van der Waals surface area contributed by atoms with Crippen molar-refractivity contribution in [1.82, 2.24) is 4.90 Å². The van der Waals surface area contributed by atoms with Gasteiger partial charge in [-0.1, -0.05) is 58.4 Å². The van der Waals surface area contributed by atoms with Crippen LogP contribution in [0.25, 0.3) is 0 Å². The van der Waals surface area contributed by atoms with Gasteiger partial charge in [0.05, 0.1) is 11.4 Å². The molecule has 1 N–H and O–H groups in total. The lowest BCUT2D eigenvalue weighted by Crippen LogP contribution is -2.27. The number of anilines is 1. The van der Waals surface area contributed by atoms with Gasteiger partial charge in [-0.3, -0.25) is 9.59 Å². The van der Waals surface area contributed by atoms with Crippen LogP contribution < -0.4 is 5.32 Å². The molecule has 0 bridgehead atoms. The first-order valence-electron chi connectivity index (χ1n) is 9.32. The fourth-order valence-corrected chi connectivity index (χ4v) is 4.79. The van der Waals surface area contributed by atoms with Crippen LogP contribution in [0, 0.1) is 5.82 Å². The van der Waals surface area contributed by atoms with Crippen molar-refractivity contribution in [1.29, 1.82) is 0 Å². The summed E-state index contributed by atoms with van der Waals surface area (Å²) in [6.07, 6.45) is 0. The highest BCUT2D eigenvalue weighted by atomic mass is 79.9. The number of hydrogen-bond acceptors (Lipinski definition) is 3. The van der Waals surface area contributed by atoms with Gasteiger partial charge >= 0.3 is 0 Å². The number of nitrogens with one attached hydrogen (secondary N) is 1. The molecule has 1 heterocycles. The van der Waals surface area contributed by atoms with E-state index in [0.717, 1.165) is 11.1 Å². The van der Waals surface area contributed by atoms with Crippen LogP contribution in [0.15, 0.2) is 77.3 Å². The first kappa shape index (κ1) is 20.6. The van der Waals surface area contributed by atoms with Gasteiger partial charge in [-0.15, -0.1) is 11.8 Å². The van der Waals surface area contributed by atoms with Gasteiger partial charge < -0.3 is 10.2 Å².